The molecule has 12 heteroatoms. The van der Waals surface area contributed by atoms with Crippen molar-refractivity contribution >= 4 is 63.1 Å². The van der Waals surface area contributed by atoms with E-state index in [0.717, 1.165) is 0 Å². The largest absolute Gasteiger partial charge is 0.423 e. The monoisotopic (exact) mass is 502 g/mol. The Morgan fingerprint density at radius 1 is 1.11 bits per heavy atom. The summed E-state index contributed by atoms with van der Waals surface area (Å²) in [4.78, 5) is 27.2. The van der Waals surface area contributed by atoms with Crippen LogP contribution in [0.4, 0.5) is 11.8 Å². The molecule has 180 valence electrons. The summed E-state index contributed by atoms with van der Waals surface area (Å²) in [6.45, 7) is 1.75. The lowest BCUT2D eigenvalue weighted by Crippen LogP contribution is -2.37. The molecule has 2 unspecified atom stereocenters. The highest BCUT2D eigenvalue weighted by Gasteiger charge is 2.38. The number of aliphatic imine (C=N–C) groups is 2. The van der Waals surface area contributed by atoms with Gasteiger partial charge in [-0.25, -0.2) is 9.98 Å². The van der Waals surface area contributed by atoms with Gasteiger partial charge in [-0.2, -0.15) is 10.1 Å². The van der Waals surface area contributed by atoms with Crippen LogP contribution in [0.1, 0.15) is 18.7 Å². The van der Waals surface area contributed by atoms with Crippen LogP contribution in [0.15, 0.2) is 73.7 Å². The molecule has 0 bridgehead atoms. The zero-order valence-corrected chi connectivity index (χ0v) is 19.9. The summed E-state index contributed by atoms with van der Waals surface area (Å²) in [5.74, 6) is -0.635. The van der Waals surface area contributed by atoms with E-state index in [-0.39, 0.29) is 17.9 Å². The topological polar surface area (TPSA) is 136 Å². The maximum Gasteiger partial charge on any atom is 0.302 e. The molecule has 2 N–H and O–H groups in total. The number of nitrogens with zero attached hydrogens (tertiary/aromatic N) is 6. The third kappa shape index (κ3) is 3.89. The van der Waals surface area contributed by atoms with Gasteiger partial charge in [-0.3, -0.25) is 14.8 Å². The molecule has 2 atom stereocenters. The number of halogens is 1. The van der Waals surface area contributed by atoms with Gasteiger partial charge >= 0.3 is 6.01 Å². The molecule has 36 heavy (non-hydrogen) atoms. The van der Waals surface area contributed by atoms with Crippen molar-refractivity contribution in [1.82, 2.24) is 19.9 Å². The van der Waals surface area contributed by atoms with Crippen molar-refractivity contribution in [3.05, 3.63) is 65.4 Å². The highest BCUT2D eigenvalue weighted by atomic mass is 35.5. The van der Waals surface area contributed by atoms with Crippen LogP contribution in [0.2, 0.25) is 5.02 Å². The Bertz CT molecular complexity index is 1650. The fraction of sp³-hybridized carbons (Fsp3) is 0.167. The lowest BCUT2D eigenvalue weighted by atomic mass is 9.91. The minimum Gasteiger partial charge on any atom is -0.423 e. The van der Waals surface area contributed by atoms with Crippen LogP contribution < -0.4 is 10.6 Å². The van der Waals surface area contributed by atoms with Crippen LogP contribution >= 0.6 is 11.6 Å². The molecule has 0 aliphatic carbocycles. The van der Waals surface area contributed by atoms with Gasteiger partial charge in [0.05, 0.1) is 10.4 Å². The van der Waals surface area contributed by atoms with Gasteiger partial charge in [0.2, 0.25) is 11.9 Å². The summed E-state index contributed by atoms with van der Waals surface area (Å²) in [5.41, 5.74) is 2.82. The minimum atomic E-state index is -0.804. The van der Waals surface area contributed by atoms with Crippen molar-refractivity contribution in [3.63, 3.8) is 0 Å². The Morgan fingerprint density at radius 2 is 1.89 bits per heavy atom. The molecule has 1 aliphatic heterocycles. The Morgan fingerprint density at radius 3 is 2.67 bits per heavy atom. The van der Waals surface area contributed by atoms with E-state index in [1.165, 1.54) is 0 Å². The van der Waals surface area contributed by atoms with Gasteiger partial charge in [0, 0.05) is 19.0 Å². The lowest BCUT2D eigenvalue weighted by molar-refractivity contribution is -0.118. The van der Waals surface area contributed by atoms with E-state index < -0.39 is 12.0 Å². The van der Waals surface area contributed by atoms with Crippen molar-refractivity contribution < 1.29 is 13.7 Å². The number of aromatic nitrogens is 4. The number of hydrogen-bond donors (Lipinski definition) is 2. The van der Waals surface area contributed by atoms with Crippen molar-refractivity contribution in [2.45, 2.75) is 13.0 Å². The van der Waals surface area contributed by atoms with Crippen LogP contribution in [-0.2, 0) is 11.8 Å². The predicted octanol–water partition coefficient (Wildman–Crippen LogP) is 4.59. The molecule has 1 amide bonds. The van der Waals surface area contributed by atoms with Crippen LogP contribution in [-0.4, -0.2) is 37.5 Å². The molecule has 4 heterocycles. The number of amides is 1. The Hall–Kier alpha value is -4.51. The first-order valence-corrected chi connectivity index (χ1v) is 11.4. The zero-order chi connectivity index (χ0) is 24.8. The number of anilines is 2. The molecule has 0 radical (unpaired) electrons. The number of benzene rings is 2. The molecule has 0 spiro atoms. The molecule has 0 saturated heterocycles. The molecule has 0 fully saturated rings. The van der Waals surface area contributed by atoms with Crippen molar-refractivity contribution in [3.8, 4) is 0 Å². The second kappa shape index (κ2) is 8.61. The lowest BCUT2D eigenvalue weighted by Gasteiger charge is -2.26. The molecule has 0 saturated carbocycles. The van der Waals surface area contributed by atoms with Crippen LogP contribution in [0.5, 0.6) is 0 Å². The number of fused-ring (bicyclic) bond motifs is 2. The van der Waals surface area contributed by atoms with Gasteiger partial charge < -0.3 is 14.3 Å². The van der Waals surface area contributed by atoms with Gasteiger partial charge in [0.25, 0.3) is 0 Å². The fourth-order valence-corrected chi connectivity index (χ4v) is 4.47. The standard InChI is InChI=1S/C24H19ClN8O3/c1-12-18(22(34)29-21-13-7-3-5-9-16(13)36-32-21)20(19-14(25)11-33(2)31-19)28-23(26-12)30-24-27-15-8-4-6-10-17(15)35-24/h3-11,18,20H,1-2H3,(H,27,28,30)(H,29,32,34). The number of nitrogens with one attached hydrogen (secondary N) is 2. The van der Waals surface area contributed by atoms with Crippen LogP contribution in [0, 0.1) is 5.92 Å². The summed E-state index contributed by atoms with van der Waals surface area (Å²) in [6.07, 6.45) is 1.65. The molecule has 1 aliphatic rings. The third-order valence-corrected chi connectivity index (χ3v) is 6.11. The average Bonchev–Trinajstić information content (AvgIpc) is 3.54. The summed E-state index contributed by atoms with van der Waals surface area (Å²) in [5, 5.41) is 15.4. The van der Waals surface area contributed by atoms with Gasteiger partial charge in [-0.15, -0.1) is 0 Å². The summed E-state index contributed by atoms with van der Waals surface area (Å²) < 4.78 is 12.6. The van der Waals surface area contributed by atoms with E-state index in [1.54, 1.807) is 30.9 Å². The van der Waals surface area contributed by atoms with Crippen LogP contribution in [0.25, 0.3) is 22.1 Å². The minimum absolute atomic E-state index is 0.224. The maximum atomic E-state index is 13.5. The first-order valence-electron chi connectivity index (χ1n) is 11.1. The zero-order valence-electron chi connectivity index (χ0n) is 19.1. The Labute approximate surface area is 208 Å². The Balaban J connectivity index is 1.35. The van der Waals surface area contributed by atoms with Crippen molar-refractivity contribution in [2.24, 2.45) is 23.0 Å². The van der Waals surface area contributed by atoms with Crippen molar-refractivity contribution in [2.75, 3.05) is 10.6 Å². The summed E-state index contributed by atoms with van der Waals surface area (Å²) in [6, 6.07) is 14.1. The highest BCUT2D eigenvalue weighted by molar-refractivity contribution is 6.31. The maximum absolute atomic E-state index is 13.5. The number of guanidine groups is 1. The van der Waals surface area contributed by atoms with Gasteiger partial charge in [-0.05, 0) is 31.2 Å². The van der Waals surface area contributed by atoms with Crippen LogP contribution in [0.3, 0.4) is 0 Å². The number of para-hydroxylation sites is 3. The smallest absolute Gasteiger partial charge is 0.302 e. The first kappa shape index (κ1) is 22.0. The average molecular weight is 503 g/mol. The van der Waals surface area contributed by atoms with E-state index in [9.17, 15) is 4.79 Å². The van der Waals surface area contributed by atoms with Crippen molar-refractivity contribution in [1.29, 1.82) is 0 Å². The second-order valence-electron chi connectivity index (χ2n) is 8.29. The normalized spacial score (nSPS) is 17.8. The van der Waals surface area contributed by atoms with E-state index in [2.05, 4.69) is 35.9 Å². The van der Waals surface area contributed by atoms with Gasteiger partial charge in [0.15, 0.2) is 17.0 Å². The second-order valence-corrected chi connectivity index (χ2v) is 8.70. The number of carbonyl (C=O) groups is 1. The van der Waals surface area contributed by atoms with E-state index in [1.807, 2.05) is 42.5 Å². The Kier molecular flexibility index (Phi) is 5.26. The SMILES string of the molecule is CC1=NC(Nc2nc3ccccc3o2)=NC(c2nn(C)cc2Cl)C1C(=O)Nc1noc2ccccc12. The van der Waals surface area contributed by atoms with E-state index in [4.69, 9.17) is 20.5 Å². The number of carbonyl (C=O) groups excluding carboxylic acids is 1. The molecular weight excluding hydrogens is 484 g/mol. The van der Waals surface area contributed by atoms with E-state index >= 15 is 0 Å². The molecule has 2 aromatic carbocycles. The van der Waals surface area contributed by atoms with E-state index in [0.29, 0.717) is 44.3 Å². The summed E-state index contributed by atoms with van der Waals surface area (Å²) in [7, 11) is 1.75. The molecule has 5 aromatic rings. The quantitative estimate of drug-likeness (QED) is 0.366. The number of rotatable bonds is 4. The summed E-state index contributed by atoms with van der Waals surface area (Å²) >= 11 is 6.48. The number of oxazole rings is 1. The number of aryl methyl sites for hydroxylation is 1. The predicted molar refractivity (Wildman–Crippen MR) is 135 cm³/mol. The highest BCUT2D eigenvalue weighted by Crippen LogP contribution is 2.35. The molecule has 6 rings (SSSR count). The molecular formula is C24H19ClN8O3. The first-order chi connectivity index (χ1) is 17.5. The van der Waals surface area contributed by atoms with Gasteiger partial charge in [-0.1, -0.05) is 41.0 Å². The number of hydrogen-bond acceptors (Lipinski definition) is 9. The third-order valence-electron chi connectivity index (χ3n) is 5.81. The molecule has 11 nitrogen and oxygen atoms in total. The molecule has 3 aromatic heterocycles. The fourth-order valence-electron chi connectivity index (χ4n) is 4.18. The van der Waals surface area contributed by atoms with Gasteiger partial charge in [0.1, 0.15) is 23.2 Å².